The number of hydrogen-bond acceptors (Lipinski definition) is 4. The van der Waals surface area contributed by atoms with Gasteiger partial charge in [-0.25, -0.2) is 8.42 Å². The molecular formula is C22H28N2O4S. The van der Waals surface area contributed by atoms with E-state index in [1.807, 2.05) is 31.2 Å². The first kappa shape index (κ1) is 21.3. The van der Waals surface area contributed by atoms with Gasteiger partial charge in [-0.2, -0.15) is 4.31 Å². The molecule has 0 unspecified atom stereocenters. The summed E-state index contributed by atoms with van der Waals surface area (Å²) in [6.45, 7) is 6.35. The maximum Gasteiger partial charge on any atom is 0.243 e. The topological polar surface area (TPSA) is 75.7 Å². The van der Waals surface area contributed by atoms with Crippen LogP contribution in [0, 0.1) is 12.8 Å². The third-order valence-electron chi connectivity index (χ3n) is 5.28. The Kier molecular flexibility index (Phi) is 6.59. The molecule has 0 aliphatic heterocycles. The van der Waals surface area contributed by atoms with Crippen molar-refractivity contribution in [3.05, 3.63) is 48.0 Å². The second kappa shape index (κ2) is 8.97. The molecule has 1 fully saturated rings. The molecule has 6 nitrogen and oxygen atoms in total. The van der Waals surface area contributed by atoms with E-state index >= 15 is 0 Å². The summed E-state index contributed by atoms with van der Waals surface area (Å²) >= 11 is 0. The zero-order valence-electron chi connectivity index (χ0n) is 17.1. The molecule has 1 amide bonds. The summed E-state index contributed by atoms with van der Waals surface area (Å²) in [7, 11) is -3.64. The van der Waals surface area contributed by atoms with E-state index < -0.39 is 10.0 Å². The highest BCUT2D eigenvalue weighted by atomic mass is 32.2. The normalized spacial score (nSPS) is 14.5. The summed E-state index contributed by atoms with van der Waals surface area (Å²) in [4.78, 5) is 12.7. The van der Waals surface area contributed by atoms with Crippen LogP contribution < -0.4 is 10.1 Å². The molecule has 0 atom stereocenters. The van der Waals surface area contributed by atoms with Gasteiger partial charge in [-0.05, 0) is 50.1 Å². The third-order valence-corrected chi connectivity index (χ3v) is 7.32. The number of anilines is 1. The zero-order valence-corrected chi connectivity index (χ0v) is 18.0. The fourth-order valence-electron chi connectivity index (χ4n) is 3.21. The molecule has 0 bridgehead atoms. The van der Waals surface area contributed by atoms with Crippen molar-refractivity contribution in [3.8, 4) is 11.5 Å². The van der Waals surface area contributed by atoms with E-state index in [-0.39, 0.29) is 16.7 Å². The van der Waals surface area contributed by atoms with E-state index in [0.29, 0.717) is 30.3 Å². The predicted molar refractivity (Wildman–Crippen MR) is 114 cm³/mol. The summed E-state index contributed by atoms with van der Waals surface area (Å²) in [5.41, 5.74) is 1.48. The summed E-state index contributed by atoms with van der Waals surface area (Å²) in [5, 5.41) is 2.88. The Hall–Kier alpha value is -2.38. The first-order valence-corrected chi connectivity index (χ1v) is 11.5. The summed E-state index contributed by atoms with van der Waals surface area (Å²) in [6.07, 6.45) is 2.76. The monoisotopic (exact) mass is 416 g/mol. The van der Waals surface area contributed by atoms with Crippen molar-refractivity contribution in [2.24, 2.45) is 5.92 Å². The molecule has 1 aliphatic rings. The van der Waals surface area contributed by atoms with Crippen LogP contribution in [0.15, 0.2) is 47.4 Å². The van der Waals surface area contributed by atoms with E-state index in [0.717, 1.165) is 24.8 Å². The van der Waals surface area contributed by atoms with Crippen molar-refractivity contribution in [3.63, 3.8) is 0 Å². The Labute approximate surface area is 172 Å². The number of aryl methyl sites for hydroxylation is 1. The number of carbonyl (C=O) groups is 1. The van der Waals surface area contributed by atoms with E-state index in [2.05, 4.69) is 5.32 Å². The van der Waals surface area contributed by atoms with Gasteiger partial charge in [0, 0.05) is 19.0 Å². The first-order chi connectivity index (χ1) is 13.8. The van der Waals surface area contributed by atoms with Crippen LogP contribution in [-0.2, 0) is 14.8 Å². The molecule has 0 radical (unpaired) electrons. The molecule has 156 valence electrons. The summed E-state index contributed by atoms with van der Waals surface area (Å²) in [5.74, 6) is 0.918. The van der Waals surface area contributed by atoms with Gasteiger partial charge in [-0.3, -0.25) is 4.79 Å². The molecular weight excluding hydrogens is 388 g/mol. The van der Waals surface area contributed by atoms with Gasteiger partial charge in [-0.1, -0.05) is 38.0 Å². The summed E-state index contributed by atoms with van der Waals surface area (Å²) < 4.78 is 33.2. The van der Waals surface area contributed by atoms with Gasteiger partial charge in [0.1, 0.15) is 5.75 Å². The maximum absolute atomic E-state index is 12.9. The SMILES string of the molecule is CCN(CC)S(=O)(=O)c1ccc(Oc2ccc(C)cc2)c(NC(=O)C2CCC2)c1. The standard InChI is InChI=1S/C22H28N2O4S/c1-4-24(5-2)29(26,27)19-13-14-21(28-18-11-9-16(3)10-12-18)20(15-19)23-22(25)17-7-6-8-17/h9-15,17H,4-8H2,1-3H3,(H,23,25). The van der Waals surface area contributed by atoms with E-state index in [9.17, 15) is 13.2 Å². The van der Waals surface area contributed by atoms with E-state index in [1.54, 1.807) is 19.9 Å². The minimum Gasteiger partial charge on any atom is -0.455 e. The second-order valence-electron chi connectivity index (χ2n) is 7.28. The Morgan fingerprint density at radius 3 is 2.31 bits per heavy atom. The van der Waals surface area contributed by atoms with Crippen molar-refractivity contribution >= 4 is 21.6 Å². The highest BCUT2D eigenvalue weighted by molar-refractivity contribution is 7.89. The van der Waals surface area contributed by atoms with Crippen molar-refractivity contribution in [1.82, 2.24) is 4.31 Å². The van der Waals surface area contributed by atoms with Crippen LogP contribution in [0.3, 0.4) is 0 Å². The number of nitrogens with one attached hydrogen (secondary N) is 1. The third kappa shape index (κ3) is 4.79. The number of carbonyl (C=O) groups excluding carboxylic acids is 1. The molecule has 1 aliphatic carbocycles. The molecule has 3 rings (SSSR count). The van der Waals surface area contributed by atoms with Gasteiger partial charge in [-0.15, -0.1) is 0 Å². The Bertz CT molecular complexity index is 963. The molecule has 0 heterocycles. The van der Waals surface area contributed by atoms with Gasteiger partial charge in [0.2, 0.25) is 15.9 Å². The van der Waals surface area contributed by atoms with Crippen LogP contribution >= 0.6 is 0 Å². The minimum absolute atomic E-state index is 0.0229. The van der Waals surface area contributed by atoms with Gasteiger partial charge in [0.05, 0.1) is 10.6 Å². The molecule has 2 aromatic carbocycles. The first-order valence-electron chi connectivity index (χ1n) is 10.0. The van der Waals surface area contributed by atoms with Crippen molar-refractivity contribution in [1.29, 1.82) is 0 Å². The fourth-order valence-corrected chi connectivity index (χ4v) is 4.69. The highest BCUT2D eigenvalue weighted by Gasteiger charge is 2.27. The Balaban J connectivity index is 1.96. The summed E-state index contributed by atoms with van der Waals surface area (Å²) in [6, 6.07) is 12.2. The van der Waals surface area contributed by atoms with Crippen molar-refractivity contribution in [2.45, 2.75) is 44.9 Å². The highest BCUT2D eigenvalue weighted by Crippen LogP contribution is 2.35. The average Bonchev–Trinajstić information content (AvgIpc) is 2.64. The smallest absolute Gasteiger partial charge is 0.243 e. The van der Waals surface area contributed by atoms with Gasteiger partial charge < -0.3 is 10.1 Å². The van der Waals surface area contributed by atoms with Crippen LogP contribution in [0.25, 0.3) is 0 Å². The molecule has 1 N–H and O–H groups in total. The van der Waals surface area contributed by atoms with E-state index in [4.69, 9.17) is 4.74 Å². The number of rotatable bonds is 8. The molecule has 0 saturated heterocycles. The number of nitrogens with zero attached hydrogens (tertiary/aromatic N) is 1. The zero-order chi connectivity index (χ0) is 21.0. The lowest BCUT2D eigenvalue weighted by Crippen LogP contribution is -2.31. The van der Waals surface area contributed by atoms with Gasteiger partial charge in [0.15, 0.2) is 5.75 Å². The van der Waals surface area contributed by atoms with Crippen LogP contribution in [0.4, 0.5) is 5.69 Å². The number of amides is 1. The average molecular weight is 417 g/mol. The molecule has 29 heavy (non-hydrogen) atoms. The number of hydrogen-bond donors (Lipinski definition) is 1. The quantitative estimate of drug-likeness (QED) is 0.685. The Morgan fingerprint density at radius 2 is 1.76 bits per heavy atom. The molecule has 2 aromatic rings. The van der Waals surface area contributed by atoms with Crippen LogP contribution in [0.5, 0.6) is 11.5 Å². The van der Waals surface area contributed by atoms with Crippen LogP contribution in [0.2, 0.25) is 0 Å². The lowest BCUT2D eigenvalue weighted by Gasteiger charge is -2.25. The molecule has 0 spiro atoms. The molecule has 7 heteroatoms. The van der Waals surface area contributed by atoms with Crippen LogP contribution in [-0.4, -0.2) is 31.7 Å². The van der Waals surface area contributed by atoms with Crippen molar-refractivity contribution < 1.29 is 17.9 Å². The maximum atomic E-state index is 12.9. The Morgan fingerprint density at radius 1 is 1.10 bits per heavy atom. The lowest BCUT2D eigenvalue weighted by atomic mass is 9.85. The van der Waals surface area contributed by atoms with Gasteiger partial charge >= 0.3 is 0 Å². The second-order valence-corrected chi connectivity index (χ2v) is 9.22. The fraction of sp³-hybridized carbons (Fsp3) is 0.409. The lowest BCUT2D eigenvalue weighted by molar-refractivity contribution is -0.122. The number of benzene rings is 2. The predicted octanol–water partition coefficient (Wildman–Crippen LogP) is 4.56. The van der Waals surface area contributed by atoms with Crippen LogP contribution in [0.1, 0.15) is 38.7 Å². The van der Waals surface area contributed by atoms with Gasteiger partial charge in [0.25, 0.3) is 0 Å². The van der Waals surface area contributed by atoms with E-state index in [1.165, 1.54) is 16.4 Å². The largest absolute Gasteiger partial charge is 0.455 e. The van der Waals surface area contributed by atoms with Crippen molar-refractivity contribution in [2.75, 3.05) is 18.4 Å². The number of sulfonamides is 1. The molecule has 1 saturated carbocycles. The minimum atomic E-state index is -3.64. The number of ether oxygens (including phenoxy) is 1. The molecule has 0 aromatic heterocycles.